The number of hydrogen-bond donors (Lipinski definition) is 2. The lowest BCUT2D eigenvalue weighted by Crippen LogP contribution is -2.27. The van der Waals surface area contributed by atoms with Gasteiger partial charge in [-0.1, -0.05) is 20.8 Å². The van der Waals surface area contributed by atoms with E-state index in [2.05, 4.69) is 9.97 Å². The number of rotatable bonds is 8. The second-order valence-electron chi connectivity index (χ2n) is 7.60. The number of aromatic carboxylic acids is 1. The molecule has 0 saturated heterocycles. The summed E-state index contributed by atoms with van der Waals surface area (Å²) in [5.41, 5.74) is 0.403. The molecule has 0 radical (unpaired) electrons. The molecule has 0 fully saturated rings. The zero-order chi connectivity index (χ0) is 22.0. The summed E-state index contributed by atoms with van der Waals surface area (Å²) in [5, 5.41) is 9.71. The number of aryl methyl sites for hydroxylation is 2. The Kier molecular flexibility index (Phi) is 6.40. The minimum absolute atomic E-state index is 0.120. The summed E-state index contributed by atoms with van der Waals surface area (Å²) in [6, 6.07) is 1.42. The first kappa shape index (κ1) is 21.8. The number of ether oxygens (including phenoxy) is 1. The zero-order valence-corrected chi connectivity index (χ0v) is 18.3. The molecular weight excluding hydrogens is 406 g/mol. The molecule has 0 unspecified atom stereocenters. The van der Waals surface area contributed by atoms with Gasteiger partial charge in [-0.3, -0.25) is 14.2 Å². The average molecular weight is 432 g/mol. The van der Waals surface area contributed by atoms with Crippen LogP contribution in [0.1, 0.15) is 53.9 Å². The van der Waals surface area contributed by atoms with Gasteiger partial charge in [0.15, 0.2) is 5.75 Å². The molecule has 8 nitrogen and oxygen atoms in total. The van der Waals surface area contributed by atoms with E-state index in [1.165, 1.54) is 16.8 Å². The fourth-order valence-electron chi connectivity index (χ4n) is 3.17. The minimum Gasteiger partial charge on any atom is -0.488 e. The maximum absolute atomic E-state index is 13.2. The van der Waals surface area contributed by atoms with E-state index in [1.54, 1.807) is 6.92 Å². The number of thiophene rings is 1. The van der Waals surface area contributed by atoms with E-state index in [0.717, 1.165) is 17.8 Å². The highest BCUT2D eigenvalue weighted by molar-refractivity contribution is 7.20. The molecule has 3 rings (SSSR count). The van der Waals surface area contributed by atoms with Crippen LogP contribution in [-0.4, -0.2) is 32.2 Å². The van der Waals surface area contributed by atoms with Gasteiger partial charge >= 0.3 is 5.97 Å². The van der Waals surface area contributed by atoms with Crippen LogP contribution in [0.15, 0.2) is 21.9 Å². The van der Waals surface area contributed by atoms with Crippen molar-refractivity contribution < 1.29 is 14.6 Å². The van der Waals surface area contributed by atoms with E-state index in [1.807, 2.05) is 20.8 Å². The number of hydrogen-bond acceptors (Lipinski definition) is 6. The Hall–Kier alpha value is -2.94. The molecule has 0 aliphatic heterocycles. The summed E-state index contributed by atoms with van der Waals surface area (Å²) in [6.07, 6.45) is 2.84. The fraction of sp³-hybridized carbons (Fsp3) is 0.429. The quantitative estimate of drug-likeness (QED) is 0.566. The van der Waals surface area contributed by atoms with E-state index in [0.29, 0.717) is 46.2 Å². The molecule has 3 aromatic heterocycles. The maximum Gasteiger partial charge on any atom is 0.346 e. The van der Waals surface area contributed by atoms with Crippen LogP contribution in [0.4, 0.5) is 0 Å². The predicted octanol–water partition coefficient (Wildman–Crippen LogP) is 3.19. The number of pyridine rings is 1. The van der Waals surface area contributed by atoms with Crippen molar-refractivity contribution in [1.29, 1.82) is 0 Å². The average Bonchev–Trinajstić information content (AvgIpc) is 3.01. The number of carbonyl (C=O) groups is 1. The molecule has 9 heteroatoms. The molecule has 160 valence electrons. The number of aromatic amines is 1. The van der Waals surface area contributed by atoms with Crippen molar-refractivity contribution >= 4 is 27.5 Å². The van der Waals surface area contributed by atoms with E-state index < -0.39 is 5.97 Å². The van der Waals surface area contributed by atoms with Gasteiger partial charge in [0.1, 0.15) is 15.5 Å². The summed E-state index contributed by atoms with van der Waals surface area (Å²) >= 11 is 1.01. The lowest BCUT2D eigenvalue weighted by molar-refractivity contribution is 0.0701. The van der Waals surface area contributed by atoms with Crippen LogP contribution in [-0.2, 0) is 13.0 Å². The first-order valence-corrected chi connectivity index (χ1v) is 10.6. The zero-order valence-electron chi connectivity index (χ0n) is 17.4. The Morgan fingerprint density at radius 1 is 1.37 bits per heavy atom. The summed E-state index contributed by atoms with van der Waals surface area (Å²) in [6.45, 7) is 8.16. The standard InChI is InChI=1S/C21H25N3O5S/c1-5-6-16-23-19-17(12(4)18(30-19)21(27)28)20(26)24(16)9-13-7-14(25)15(8-22-13)29-10-11(2)3/h7-8,11H,5-6,9-10H2,1-4H3,(H,22,25)(H,27,28). The van der Waals surface area contributed by atoms with Crippen LogP contribution in [0.25, 0.3) is 10.2 Å². The van der Waals surface area contributed by atoms with Crippen LogP contribution in [0.5, 0.6) is 5.75 Å². The highest BCUT2D eigenvalue weighted by Gasteiger charge is 2.21. The topological polar surface area (TPSA) is 114 Å². The fourth-order valence-corrected chi connectivity index (χ4v) is 4.20. The predicted molar refractivity (Wildman–Crippen MR) is 116 cm³/mol. The Balaban J connectivity index is 2.05. The number of aromatic nitrogens is 3. The molecule has 0 bridgehead atoms. The second kappa shape index (κ2) is 8.83. The Morgan fingerprint density at radius 3 is 2.70 bits per heavy atom. The van der Waals surface area contributed by atoms with Crippen molar-refractivity contribution in [2.24, 2.45) is 5.92 Å². The summed E-state index contributed by atoms with van der Waals surface area (Å²) in [5.74, 6) is 0.0255. The minimum atomic E-state index is -1.07. The van der Waals surface area contributed by atoms with E-state index in [4.69, 9.17) is 4.74 Å². The van der Waals surface area contributed by atoms with Gasteiger partial charge in [0.05, 0.1) is 18.5 Å². The van der Waals surface area contributed by atoms with E-state index in [9.17, 15) is 19.5 Å². The van der Waals surface area contributed by atoms with Crippen LogP contribution in [0, 0.1) is 12.8 Å². The molecule has 0 amide bonds. The molecule has 2 N–H and O–H groups in total. The summed E-state index contributed by atoms with van der Waals surface area (Å²) in [7, 11) is 0. The highest BCUT2D eigenvalue weighted by atomic mass is 32.1. The van der Waals surface area contributed by atoms with E-state index >= 15 is 0 Å². The van der Waals surface area contributed by atoms with Gasteiger partial charge in [0.25, 0.3) is 5.56 Å². The molecule has 0 atom stereocenters. The smallest absolute Gasteiger partial charge is 0.346 e. The molecule has 0 saturated carbocycles. The normalized spacial score (nSPS) is 11.4. The van der Waals surface area contributed by atoms with Crippen LogP contribution in [0.3, 0.4) is 0 Å². The largest absolute Gasteiger partial charge is 0.488 e. The van der Waals surface area contributed by atoms with Gasteiger partial charge in [-0.15, -0.1) is 11.3 Å². The maximum atomic E-state index is 13.2. The molecule has 0 spiro atoms. The van der Waals surface area contributed by atoms with Crippen molar-refractivity contribution in [3.8, 4) is 5.75 Å². The van der Waals surface area contributed by atoms with Crippen molar-refractivity contribution in [3.05, 3.63) is 54.8 Å². The highest BCUT2D eigenvalue weighted by Crippen LogP contribution is 2.27. The number of nitrogens with zero attached hydrogens (tertiary/aromatic N) is 2. The monoisotopic (exact) mass is 431 g/mol. The first-order chi connectivity index (χ1) is 14.2. The summed E-state index contributed by atoms with van der Waals surface area (Å²) < 4.78 is 7.02. The van der Waals surface area contributed by atoms with E-state index in [-0.39, 0.29) is 28.2 Å². The van der Waals surface area contributed by atoms with Gasteiger partial charge in [-0.25, -0.2) is 9.78 Å². The molecule has 3 heterocycles. The molecule has 0 aromatic carbocycles. The SMILES string of the molecule is CCCc1nc2sc(C(=O)O)c(C)c2c(=O)n1Cc1cc(=O)c(OCC(C)C)c[nH]1. The number of nitrogens with one attached hydrogen (secondary N) is 1. The third-order valence-electron chi connectivity index (χ3n) is 4.63. The third kappa shape index (κ3) is 4.30. The number of carboxylic acids is 1. The molecule has 30 heavy (non-hydrogen) atoms. The number of carboxylic acid groups (broad SMARTS) is 1. The van der Waals surface area contributed by atoms with Crippen LogP contribution < -0.4 is 15.7 Å². The summed E-state index contributed by atoms with van der Waals surface area (Å²) in [4.78, 5) is 45.2. The first-order valence-electron chi connectivity index (χ1n) is 9.83. The van der Waals surface area contributed by atoms with Crippen molar-refractivity contribution in [2.45, 2.75) is 47.1 Å². The Labute approximate surface area is 177 Å². The van der Waals surface area contributed by atoms with Crippen LogP contribution >= 0.6 is 11.3 Å². The van der Waals surface area contributed by atoms with Gasteiger partial charge in [0.2, 0.25) is 5.43 Å². The van der Waals surface area contributed by atoms with Crippen LogP contribution in [0.2, 0.25) is 0 Å². The lowest BCUT2D eigenvalue weighted by atomic mass is 10.2. The Bertz CT molecular complexity index is 1210. The lowest BCUT2D eigenvalue weighted by Gasteiger charge is -2.13. The third-order valence-corrected chi connectivity index (χ3v) is 5.81. The Morgan fingerprint density at radius 2 is 2.10 bits per heavy atom. The van der Waals surface area contributed by atoms with Crippen molar-refractivity contribution in [1.82, 2.24) is 14.5 Å². The molecule has 0 aliphatic rings. The molecular formula is C21H25N3O5S. The van der Waals surface area contributed by atoms with Gasteiger partial charge in [0, 0.05) is 24.4 Å². The second-order valence-corrected chi connectivity index (χ2v) is 8.60. The van der Waals surface area contributed by atoms with Gasteiger partial charge in [-0.2, -0.15) is 0 Å². The van der Waals surface area contributed by atoms with Crippen molar-refractivity contribution in [2.75, 3.05) is 6.61 Å². The van der Waals surface area contributed by atoms with Gasteiger partial charge < -0.3 is 14.8 Å². The number of H-pyrrole nitrogens is 1. The molecule has 0 aliphatic carbocycles. The molecule has 3 aromatic rings. The number of fused-ring (bicyclic) bond motifs is 1. The van der Waals surface area contributed by atoms with Gasteiger partial charge in [-0.05, 0) is 24.8 Å². The van der Waals surface area contributed by atoms with Crippen molar-refractivity contribution in [3.63, 3.8) is 0 Å².